The fraction of sp³-hybridized carbons (Fsp3) is 0.0500. The number of rotatable bonds is 4. The molecular weight excluding hydrogens is 440 g/mol. The number of nitriles is 2. The molecule has 0 saturated heterocycles. The van der Waals surface area contributed by atoms with Crippen LogP contribution in [0.5, 0.6) is 5.88 Å². The van der Waals surface area contributed by atoms with Gasteiger partial charge in [-0.05, 0) is 19.1 Å². The van der Waals surface area contributed by atoms with Gasteiger partial charge in [0, 0.05) is 17.8 Å². The molecule has 0 aliphatic carbocycles. The summed E-state index contributed by atoms with van der Waals surface area (Å²) in [5.41, 5.74) is 10.2. The minimum atomic E-state index is -0.781. The van der Waals surface area contributed by atoms with E-state index in [-0.39, 0.29) is 51.6 Å². The van der Waals surface area contributed by atoms with Gasteiger partial charge in [0.1, 0.15) is 34.9 Å². The van der Waals surface area contributed by atoms with E-state index < -0.39 is 11.4 Å². The van der Waals surface area contributed by atoms with Crippen LogP contribution in [-0.4, -0.2) is 34.4 Å². The first-order chi connectivity index (χ1) is 16.3. The van der Waals surface area contributed by atoms with E-state index in [1.165, 1.54) is 31.5 Å². The average molecular weight is 454 g/mol. The van der Waals surface area contributed by atoms with Crippen LogP contribution >= 0.6 is 0 Å². The second-order valence-electron chi connectivity index (χ2n) is 6.73. The van der Waals surface area contributed by atoms with Crippen molar-refractivity contribution < 1.29 is 5.11 Å². The molecule has 4 rings (SSSR count). The summed E-state index contributed by atoms with van der Waals surface area (Å²) in [6.45, 7) is 1.44. The average Bonchev–Trinajstić information content (AvgIpc) is 3.22. The molecule has 4 aromatic heterocycles. The second-order valence-corrected chi connectivity index (χ2v) is 6.73. The molecule has 0 amide bonds. The monoisotopic (exact) mass is 454 g/mol. The highest BCUT2D eigenvalue weighted by atomic mass is 16.3. The van der Waals surface area contributed by atoms with Crippen LogP contribution in [0.3, 0.4) is 0 Å². The minimum Gasteiger partial charge on any atom is -0.493 e. The van der Waals surface area contributed by atoms with Gasteiger partial charge in [-0.3, -0.25) is 4.79 Å². The Morgan fingerprint density at radius 3 is 2.56 bits per heavy atom. The number of nitrogens with two attached hydrogens (primary N) is 2. The number of anilines is 2. The van der Waals surface area contributed by atoms with E-state index in [0.29, 0.717) is 0 Å². The Balaban J connectivity index is 1.93. The summed E-state index contributed by atoms with van der Waals surface area (Å²) in [6.07, 6.45) is 2.64. The number of aromatic nitrogens is 6. The minimum absolute atomic E-state index is 0.0153. The molecule has 0 fully saturated rings. The molecule has 34 heavy (non-hydrogen) atoms. The van der Waals surface area contributed by atoms with Crippen LogP contribution in [0, 0.1) is 29.6 Å². The van der Waals surface area contributed by atoms with Crippen LogP contribution in [0.25, 0.3) is 11.6 Å². The SMILES string of the molecule is Cc1c(C#N)c(O)n(-c2ccccn2)c(=O)c1N=Nc1c(C#N)cnn1-c1cc(N)nc(N)n1. The van der Waals surface area contributed by atoms with Gasteiger partial charge >= 0.3 is 0 Å². The molecule has 0 saturated carbocycles. The van der Waals surface area contributed by atoms with Crippen LogP contribution in [0.15, 0.2) is 51.7 Å². The number of hydrogen-bond donors (Lipinski definition) is 3. The third-order valence-electron chi connectivity index (χ3n) is 4.64. The van der Waals surface area contributed by atoms with Crippen molar-refractivity contribution in [2.45, 2.75) is 6.92 Å². The molecule has 0 radical (unpaired) electrons. The zero-order valence-electron chi connectivity index (χ0n) is 17.4. The Hall–Kier alpha value is -5.63. The number of azo groups is 1. The molecule has 14 heteroatoms. The summed E-state index contributed by atoms with van der Waals surface area (Å²) in [6, 6.07) is 9.85. The zero-order valence-corrected chi connectivity index (χ0v) is 17.4. The van der Waals surface area contributed by atoms with Crippen molar-refractivity contribution in [3.8, 4) is 29.7 Å². The van der Waals surface area contributed by atoms with Crippen LogP contribution < -0.4 is 17.0 Å². The maximum Gasteiger partial charge on any atom is 0.287 e. The third-order valence-corrected chi connectivity index (χ3v) is 4.64. The standard InChI is InChI=1S/C20H14N12O2/c1-10-12(8-22)18(33)31(14-4-2-3-5-25-14)19(34)16(10)29-30-17-11(7-21)9-26-32(17)15-6-13(23)27-20(24)28-15/h2-6,9,33H,1H3,(H4,23,24,27,28). The lowest BCUT2D eigenvalue weighted by atomic mass is 10.1. The molecule has 14 nitrogen and oxygen atoms in total. The first-order valence-corrected chi connectivity index (χ1v) is 9.46. The first kappa shape index (κ1) is 21.6. The highest BCUT2D eigenvalue weighted by Crippen LogP contribution is 2.30. The van der Waals surface area contributed by atoms with Gasteiger partial charge in [-0.15, -0.1) is 10.2 Å². The predicted octanol–water partition coefficient (Wildman–Crippen LogP) is 1.55. The predicted molar refractivity (Wildman–Crippen MR) is 118 cm³/mol. The van der Waals surface area contributed by atoms with E-state index >= 15 is 0 Å². The van der Waals surface area contributed by atoms with Crippen molar-refractivity contribution in [1.82, 2.24) is 29.3 Å². The summed E-state index contributed by atoms with van der Waals surface area (Å²) >= 11 is 0. The Kier molecular flexibility index (Phi) is 5.39. The number of nitrogen functional groups attached to an aromatic ring is 2. The van der Waals surface area contributed by atoms with E-state index in [4.69, 9.17) is 11.5 Å². The van der Waals surface area contributed by atoms with Gasteiger partial charge in [0.15, 0.2) is 17.3 Å². The Labute approximate surface area is 190 Å². The highest BCUT2D eigenvalue weighted by Gasteiger charge is 2.21. The second kappa shape index (κ2) is 8.48. The normalized spacial score (nSPS) is 10.8. The van der Waals surface area contributed by atoms with E-state index in [0.717, 1.165) is 9.25 Å². The number of hydrogen-bond acceptors (Lipinski definition) is 12. The molecular formula is C20H14N12O2. The summed E-state index contributed by atoms with van der Waals surface area (Å²) in [5, 5.41) is 41.7. The summed E-state index contributed by atoms with van der Waals surface area (Å²) in [7, 11) is 0. The quantitative estimate of drug-likeness (QED) is 0.377. The lowest BCUT2D eigenvalue weighted by molar-refractivity contribution is 0.431. The van der Waals surface area contributed by atoms with E-state index in [9.17, 15) is 20.4 Å². The molecule has 0 spiro atoms. The smallest absolute Gasteiger partial charge is 0.287 e. The van der Waals surface area contributed by atoms with E-state index in [2.05, 4.69) is 30.3 Å². The summed E-state index contributed by atoms with van der Waals surface area (Å²) in [4.78, 5) is 25.0. The van der Waals surface area contributed by atoms with Gasteiger partial charge in [0.2, 0.25) is 11.8 Å². The Bertz CT molecular complexity index is 1570. The van der Waals surface area contributed by atoms with Crippen molar-refractivity contribution >= 4 is 23.3 Å². The van der Waals surface area contributed by atoms with Gasteiger partial charge < -0.3 is 16.6 Å². The fourth-order valence-corrected chi connectivity index (χ4v) is 3.07. The molecule has 0 atom stereocenters. The molecule has 4 heterocycles. The lowest BCUT2D eigenvalue weighted by Gasteiger charge is -2.12. The zero-order chi connectivity index (χ0) is 24.4. The van der Waals surface area contributed by atoms with Gasteiger partial charge in [-0.2, -0.15) is 30.3 Å². The van der Waals surface area contributed by atoms with Crippen molar-refractivity contribution in [3.05, 3.63) is 63.7 Å². The molecule has 0 aromatic carbocycles. The van der Waals surface area contributed by atoms with Crippen molar-refractivity contribution in [3.63, 3.8) is 0 Å². The van der Waals surface area contributed by atoms with Crippen molar-refractivity contribution in [2.75, 3.05) is 11.5 Å². The number of nitrogens with zero attached hydrogens (tertiary/aromatic N) is 10. The van der Waals surface area contributed by atoms with Gasteiger partial charge in [0.25, 0.3) is 5.56 Å². The molecule has 166 valence electrons. The molecule has 0 aliphatic rings. The lowest BCUT2D eigenvalue weighted by Crippen LogP contribution is -2.21. The van der Waals surface area contributed by atoms with Crippen LogP contribution in [0.1, 0.15) is 16.7 Å². The molecule has 0 bridgehead atoms. The number of aromatic hydroxyl groups is 1. The maximum absolute atomic E-state index is 13.2. The molecule has 0 unspecified atom stereocenters. The fourth-order valence-electron chi connectivity index (χ4n) is 3.07. The molecule has 0 aliphatic heterocycles. The van der Waals surface area contributed by atoms with Crippen molar-refractivity contribution in [2.24, 2.45) is 10.2 Å². The van der Waals surface area contributed by atoms with Gasteiger partial charge in [-0.1, -0.05) is 6.07 Å². The van der Waals surface area contributed by atoms with Crippen LogP contribution in [0.2, 0.25) is 0 Å². The molecule has 5 N–H and O–H groups in total. The van der Waals surface area contributed by atoms with Gasteiger partial charge in [-0.25, -0.2) is 9.55 Å². The third kappa shape index (κ3) is 3.63. The highest BCUT2D eigenvalue weighted by molar-refractivity contribution is 5.59. The van der Waals surface area contributed by atoms with E-state index in [1.807, 2.05) is 12.1 Å². The Morgan fingerprint density at radius 1 is 1.12 bits per heavy atom. The first-order valence-electron chi connectivity index (χ1n) is 9.46. The maximum atomic E-state index is 13.2. The number of pyridine rings is 2. The van der Waals surface area contributed by atoms with Crippen LogP contribution in [0.4, 0.5) is 23.3 Å². The van der Waals surface area contributed by atoms with E-state index in [1.54, 1.807) is 12.1 Å². The van der Waals surface area contributed by atoms with Crippen molar-refractivity contribution in [1.29, 1.82) is 10.5 Å². The topological polar surface area (TPSA) is 223 Å². The van der Waals surface area contributed by atoms with Crippen LogP contribution in [-0.2, 0) is 0 Å². The summed E-state index contributed by atoms with van der Waals surface area (Å²) < 4.78 is 1.99. The largest absolute Gasteiger partial charge is 0.493 e. The van der Waals surface area contributed by atoms with Gasteiger partial charge in [0.05, 0.1) is 6.20 Å². The summed E-state index contributed by atoms with van der Waals surface area (Å²) in [5.74, 6) is -0.532. The molecule has 4 aromatic rings. The Morgan fingerprint density at radius 2 is 1.91 bits per heavy atom.